The number of aryl methyl sites for hydroxylation is 1. The van der Waals surface area contributed by atoms with Crippen molar-refractivity contribution in [2.24, 2.45) is 0 Å². The molecular formula is C22H16BrN3O4S. The SMILES string of the molecule is CCc1nnc(N2C(=O)c3oc4cc(OC)ccc4c(=O)c3C2c2cccc(Br)c2)s1. The molecule has 0 N–H and O–H groups in total. The molecule has 1 aliphatic heterocycles. The summed E-state index contributed by atoms with van der Waals surface area (Å²) in [6.45, 7) is 1.97. The number of hydrogen-bond acceptors (Lipinski definition) is 7. The highest BCUT2D eigenvalue weighted by atomic mass is 79.9. The van der Waals surface area contributed by atoms with Crippen LogP contribution >= 0.6 is 27.3 Å². The maximum atomic E-state index is 13.5. The van der Waals surface area contributed by atoms with Crippen LogP contribution in [0.1, 0.15) is 39.7 Å². The van der Waals surface area contributed by atoms with Crippen LogP contribution in [0.4, 0.5) is 5.13 Å². The first-order valence-electron chi connectivity index (χ1n) is 9.58. The lowest BCUT2D eigenvalue weighted by molar-refractivity contribution is 0.0970. The monoisotopic (exact) mass is 497 g/mol. The second-order valence-electron chi connectivity index (χ2n) is 7.00. The van der Waals surface area contributed by atoms with E-state index in [0.29, 0.717) is 33.8 Å². The van der Waals surface area contributed by atoms with Crippen LogP contribution in [0.25, 0.3) is 11.0 Å². The largest absolute Gasteiger partial charge is 0.497 e. The molecule has 3 heterocycles. The van der Waals surface area contributed by atoms with Gasteiger partial charge in [-0.1, -0.05) is 46.3 Å². The minimum atomic E-state index is -0.666. The minimum Gasteiger partial charge on any atom is -0.497 e. The fraction of sp³-hybridized carbons (Fsp3) is 0.182. The summed E-state index contributed by atoms with van der Waals surface area (Å²) in [6, 6.07) is 11.8. The summed E-state index contributed by atoms with van der Waals surface area (Å²) in [7, 11) is 1.53. The van der Waals surface area contributed by atoms with E-state index in [9.17, 15) is 9.59 Å². The lowest BCUT2D eigenvalue weighted by Gasteiger charge is -2.22. The van der Waals surface area contributed by atoms with Gasteiger partial charge in [-0.05, 0) is 36.2 Å². The maximum absolute atomic E-state index is 13.5. The standard InChI is InChI=1S/C22H16BrN3O4S/c1-3-16-24-25-22(31-16)26-18(11-5-4-6-12(23)9-11)17-19(27)14-8-7-13(29-2)10-15(14)30-20(17)21(26)28/h4-10,18H,3H2,1-2H3. The van der Waals surface area contributed by atoms with Crippen LogP contribution in [-0.4, -0.2) is 23.2 Å². The van der Waals surface area contributed by atoms with Gasteiger partial charge in [0.25, 0.3) is 5.91 Å². The molecule has 2 aromatic heterocycles. The summed E-state index contributed by atoms with van der Waals surface area (Å²) in [5, 5.41) is 10.0. The predicted octanol–water partition coefficient (Wildman–Crippen LogP) is 4.73. The Morgan fingerprint density at radius 2 is 2.03 bits per heavy atom. The van der Waals surface area contributed by atoms with Gasteiger partial charge in [-0.2, -0.15) is 0 Å². The van der Waals surface area contributed by atoms with Crippen molar-refractivity contribution in [1.82, 2.24) is 10.2 Å². The molecule has 1 unspecified atom stereocenters. The Hall–Kier alpha value is -3.04. The number of carbonyl (C=O) groups is 1. The highest BCUT2D eigenvalue weighted by Gasteiger charge is 2.45. The average Bonchev–Trinajstić information content (AvgIpc) is 3.36. The third-order valence-corrected chi connectivity index (χ3v) is 6.77. The molecule has 0 spiro atoms. The molecule has 0 fully saturated rings. The second-order valence-corrected chi connectivity index (χ2v) is 8.96. The van der Waals surface area contributed by atoms with Gasteiger partial charge in [0.2, 0.25) is 10.9 Å². The van der Waals surface area contributed by atoms with Crippen LogP contribution < -0.4 is 15.1 Å². The fourth-order valence-corrected chi connectivity index (χ4v) is 4.97. The highest BCUT2D eigenvalue weighted by Crippen LogP contribution is 2.42. The van der Waals surface area contributed by atoms with Gasteiger partial charge in [0, 0.05) is 10.5 Å². The van der Waals surface area contributed by atoms with E-state index >= 15 is 0 Å². The van der Waals surface area contributed by atoms with E-state index in [0.717, 1.165) is 15.0 Å². The number of hydrogen-bond donors (Lipinski definition) is 0. The first-order chi connectivity index (χ1) is 15.0. The maximum Gasteiger partial charge on any atom is 0.297 e. The Labute approximate surface area is 189 Å². The number of ether oxygens (including phenoxy) is 1. The van der Waals surface area contributed by atoms with E-state index in [1.165, 1.54) is 23.3 Å². The Morgan fingerprint density at radius 1 is 1.19 bits per heavy atom. The van der Waals surface area contributed by atoms with Crippen LogP contribution in [0.15, 0.2) is 56.1 Å². The molecule has 5 rings (SSSR count). The molecule has 0 saturated carbocycles. The van der Waals surface area contributed by atoms with E-state index in [1.54, 1.807) is 18.2 Å². The molecule has 4 aromatic rings. The molecule has 1 atom stereocenters. The van der Waals surface area contributed by atoms with Gasteiger partial charge < -0.3 is 9.15 Å². The molecule has 1 aliphatic rings. The van der Waals surface area contributed by atoms with Gasteiger partial charge in [0.1, 0.15) is 16.3 Å². The van der Waals surface area contributed by atoms with Gasteiger partial charge in [-0.3, -0.25) is 14.5 Å². The van der Waals surface area contributed by atoms with Gasteiger partial charge in [-0.25, -0.2) is 0 Å². The second kappa shape index (κ2) is 7.58. The number of halogens is 1. The lowest BCUT2D eigenvalue weighted by Crippen LogP contribution is -2.29. The van der Waals surface area contributed by atoms with Crippen LogP contribution in [0, 0.1) is 0 Å². The van der Waals surface area contributed by atoms with Crippen molar-refractivity contribution in [3.63, 3.8) is 0 Å². The van der Waals surface area contributed by atoms with E-state index in [4.69, 9.17) is 9.15 Å². The number of rotatable bonds is 4. The summed E-state index contributed by atoms with van der Waals surface area (Å²) >= 11 is 4.82. The van der Waals surface area contributed by atoms with Crippen molar-refractivity contribution in [3.05, 3.63) is 79.1 Å². The Kier molecular flexibility index (Phi) is 4.86. The van der Waals surface area contributed by atoms with Gasteiger partial charge in [0.05, 0.1) is 24.1 Å². The van der Waals surface area contributed by atoms with Crippen molar-refractivity contribution in [2.75, 3.05) is 12.0 Å². The number of anilines is 1. The van der Waals surface area contributed by atoms with Crippen molar-refractivity contribution >= 4 is 49.3 Å². The minimum absolute atomic E-state index is 0.0176. The molecule has 156 valence electrons. The Morgan fingerprint density at radius 3 is 2.74 bits per heavy atom. The molecule has 0 radical (unpaired) electrons. The van der Waals surface area contributed by atoms with Crippen LogP contribution in [0.3, 0.4) is 0 Å². The topological polar surface area (TPSA) is 85.5 Å². The van der Waals surface area contributed by atoms with Crippen LogP contribution in [0.5, 0.6) is 5.75 Å². The quantitative estimate of drug-likeness (QED) is 0.405. The number of aromatic nitrogens is 2. The summed E-state index contributed by atoms with van der Waals surface area (Å²) in [5.41, 5.74) is 1.13. The molecular weight excluding hydrogens is 482 g/mol. The Balaban J connectivity index is 1.80. The smallest absolute Gasteiger partial charge is 0.297 e. The highest BCUT2D eigenvalue weighted by molar-refractivity contribution is 9.10. The molecule has 1 amide bonds. The molecule has 0 saturated heterocycles. The number of nitrogens with zero attached hydrogens (tertiary/aromatic N) is 3. The number of amides is 1. The van der Waals surface area contributed by atoms with Crippen molar-refractivity contribution in [1.29, 1.82) is 0 Å². The van der Waals surface area contributed by atoms with E-state index in [1.807, 2.05) is 31.2 Å². The zero-order valence-electron chi connectivity index (χ0n) is 16.6. The number of methoxy groups -OCH3 is 1. The van der Waals surface area contributed by atoms with Crippen molar-refractivity contribution in [3.8, 4) is 5.75 Å². The normalized spacial score (nSPS) is 15.5. The summed E-state index contributed by atoms with van der Waals surface area (Å²) in [4.78, 5) is 28.6. The van der Waals surface area contributed by atoms with Crippen LogP contribution in [-0.2, 0) is 6.42 Å². The predicted molar refractivity (Wildman–Crippen MR) is 121 cm³/mol. The molecule has 2 aromatic carbocycles. The van der Waals surface area contributed by atoms with E-state index in [-0.39, 0.29) is 11.2 Å². The molecule has 9 heteroatoms. The first-order valence-corrected chi connectivity index (χ1v) is 11.2. The van der Waals surface area contributed by atoms with Crippen LogP contribution in [0.2, 0.25) is 0 Å². The number of fused-ring (bicyclic) bond motifs is 2. The van der Waals surface area contributed by atoms with Crippen molar-refractivity contribution < 1.29 is 13.9 Å². The average molecular weight is 498 g/mol. The third kappa shape index (κ3) is 3.16. The summed E-state index contributed by atoms with van der Waals surface area (Å²) in [6.07, 6.45) is 0.703. The van der Waals surface area contributed by atoms with Crippen molar-refractivity contribution in [2.45, 2.75) is 19.4 Å². The first kappa shape index (κ1) is 19.9. The summed E-state index contributed by atoms with van der Waals surface area (Å²) in [5.74, 6) is 0.141. The van der Waals surface area contributed by atoms with Gasteiger partial charge >= 0.3 is 0 Å². The lowest BCUT2D eigenvalue weighted by atomic mass is 9.99. The third-order valence-electron chi connectivity index (χ3n) is 5.21. The van der Waals surface area contributed by atoms with E-state index < -0.39 is 11.9 Å². The number of benzene rings is 2. The number of carbonyl (C=O) groups excluding carboxylic acids is 1. The fourth-order valence-electron chi connectivity index (χ4n) is 3.75. The summed E-state index contributed by atoms with van der Waals surface area (Å²) < 4.78 is 12.1. The molecule has 7 nitrogen and oxygen atoms in total. The zero-order chi connectivity index (χ0) is 21.7. The van der Waals surface area contributed by atoms with E-state index in [2.05, 4.69) is 26.1 Å². The Bertz CT molecular complexity index is 1400. The zero-order valence-corrected chi connectivity index (χ0v) is 19.0. The van der Waals surface area contributed by atoms with Gasteiger partial charge in [-0.15, -0.1) is 10.2 Å². The molecule has 0 aliphatic carbocycles. The molecule has 0 bridgehead atoms. The van der Waals surface area contributed by atoms with Gasteiger partial charge in [0.15, 0.2) is 5.43 Å². The molecule has 31 heavy (non-hydrogen) atoms.